The third-order valence-corrected chi connectivity index (χ3v) is 3.18. The summed E-state index contributed by atoms with van der Waals surface area (Å²) in [7, 11) is 0. The second kappa shape index (κ2) is 5.24. The van der Waals surface area contributed by atoms with Crippen molar-refractivity contribution in [2.24, 2.45) is 0 Å². The van der Waals surface area contributed by atoms with Crippen molar-refractivity contribution in [1.82, 2.24) is 0 Å². The first-order valence-electron chi connectivity index (χ1n) is 5.04. The van der Waals surface area contributed by atoms with Gasteiger partial charge in [0.25, 0.3) is 0 Å². The number of hydrogen-bond acceptors (Lipinski definition) is 2. The van der Waals surface area contributed by atoms with Gasteiger partial charge in [0.2, 0.25) is 0 Å². The fourth-order valence-electron chi connectivity index (χ4n) is 1.46. The minimum atomic E-state index is -1.34. The minimum Gasteiger partial charge on any atom is -0.397 e. The second-order valence-corrected chi connectivity index (χ2v) is 4.89. The summed E-state index contributed by atoms with van der Waals surface area (Å²) in [5.41, 5.74) is 5.33. The first-order chi connectivity index (χ1) is 8.88. The highest BCUT2D eigenvalue weighted by Gasteiger charge is 2.13. The van der Waals surface area contributed by atoms with E-state index in [1.54, 1.807) is 22.6 Å². The van der Waals surface area contributed by atoms with Crippen molar-refractivity contribution in [2.75, 3.05) is 11.1 Å². The third kappa shape index (κ3) is 2.91. The highest BCUT2D eigenvalue weighted by atomic mass is 127. The lowest BCUT2D eigenvalue weighted by molar-refractivity contribution is 0.498. The summed E-state index contributed by atoms with van der Waals surface area (Å²) in [4.78, 5) is 0. The van der Waals surface area contributed by atoms with Crippen LogP contribution >= 0.6 is 22.6 Å². The van der Waals surface area contributed by atoms with E-state index in [-0.39, 0.29) is 14.9 Å². The number of nitrogens with two attached hydrogens (primary N) is 1. The van der Waals surface area contributed by atoms with Gasteiger partial charge in [-0.05, 0) is 28.7 Å². The van der Waals surface area contributed by atoms with Crippen LogP contribution in [0.1, 0.15) is 0 Å². The van der Waals surface area contributed by atoms with Gasteiger partial charge in [0.05, 0.1) is 20.6 Å². The summed E-state index contributed by atoms with van der Waals surface area (Å²) in [6.07, 6.45) is 0. The molecule has 100 valence electrons. The van der Waals surface area contributed by atoms with Crippen molar-refractivity contribution in [2.45, 2.75) is 0 Å². The van der Waals surface area contributed by atoms with Crippen LogP contribution in [0.3, 0.4) is 0 Å². The molecule has 7 heteroatoms. The van der Waals surface area contributed by atoms with Crippen LogP contribution in [0.2, 0.25) is 0 Å². The fraction of sp³-hybridized carbons (Fsp3) is 0. The smallest absolute Gasteiger partial charge is 0.182 e. The summed E-state index contributed by atoms with van der Waals surface area (Å²) in [5, 5.41) is 2.37. The molecule has 2 rings (SSSR count). The molecule has 19 heavy (non-hydrogen) atoms. The van der Waals surface area contributed by atoms with Gasteiger partial charge in [0, 0.05) is 18.2 Å². The summed E-state index contributed by atoms with van der Waals surface area (Å²) in [6.45, 7) is 0. The molecular weight excluding hydrogens is 375 g/mol. The molecule has 0 aliphatic rings. The molecule has 0 radical (unpaired) electrons. The maximum atomic E-state index is 13.4. The maximum absolute atomic E-state index is 13.4. The summed E-state index contributed by atoms with van der Waals surface area (Å²) >= 11 is 1.74. The van der Waals surface area contributed by atoms with E-state index in [0.717, 1.165) is 12.1 Å². The molecule has 0 aliphatic carbocycles. The zero-order valence-electron chi connectivity index (χ0n) is 9.28. The lowest BCUT2D eigenvalue weighted by Gasteiger charge is -2.11. The molecule has 0 saturated carbocycles. The SMILES string of the molecule is Nc1cc(I)c(F)cc1Nc1cc(F)cc(F)c1F. The van der Waals surface area contributed by atoms with E-state index in [0.29, 0.717) is 6.07 Å². The Morgan fingerprint density at radius 3 is 2.26 bits per heavy atom. The van der Waals surface area contributed by atoms with E-state index in [4.69, 9.17) is 5.73 Å². The van der Waals surface area contributed by atoms with Crippen molar-refractivity contribution in [3.8, 4) is 0 Å². The molecule has 0 atom stereocenters. The standard InChI is InChI=1S/C12H7F4IN2/c13-5-1-7(15)12(16)11(2-5)19-10-3-6(14)8(17)4-9(10)18/h1-4,19H,18H2. The van der Waals surface area contributed by atoms with Gasteiger partial charge in [-0.25, -0.2) is 17.6 Å². The van der Waals surface area contributed by atoms with Gasteiger partial charge in [-0.15, -0.1) is 0 Å². The van der Waals surface area contributed by atoms with Gasteiger partial charge in [-0.3, -0.25) is 0 Å². The van der Waals surface area contributed by atoms with Crippen LogP contribution < -0.4 is 11.1 Å². The monoisotopic (exact) mass is 382 g/mol. The predicted octanol–water partition coefficient (Wildman–Crippen LogP) is 4.17. The van der Waals surface area contributed by atoms with Gasteiger partial charge in [-0.1, -0.05) is 0 Å². The van der Waals surface area contributed by atoms with Gasteiger partial charge in [0.1, 0.15) is 11.6 Å². The Morgan fingerprint density at radius 1 is 0.895 bits per heavy atom. The molecule has 2 nitrogen and oxygen atoms in total. The highest BCUT2D eigenvalue weighted by molar-refractivity contribution is 14.1. The van der Waals surface area contributed by atoms with E-state index < -0.39 is 29.0 Å². The number of rotatable bonds is 2. The predicted molar refractivity (Wildman–Crippen MR) is 73.1 cm³/mol. The van der Waals surface area contributed by atoms with E-state index >= 15 is 0 Å². The van der Waals surface area contributed by atoms with Gasteiger partial charge >= 0.3 is 0 Å². The van der Waals surface area contributed by atoms with Crippen molar-refractivity contribution in [3.63, 3.8) is 0 Å². The quantitative estimate of drug-likeness (QED) is 0.354. The van der Waals surface area contributed by atoms with Crippen molar-refractivity contribution in [1.29, 1.82) is 0 Å². The third-order valence-electron chi connectivity index (χ3n) is 2.35. The van der Waals surface area contributed by atoms with Crippen LogP contribution in [0.25, 0.3) is 0 Å². The van der Waals surface area contributed by atoms with Crippen LogP contribution in [0.4, 0.5) is 34.6 Å². The molecule has 0 aromatic heterocycles. The fourth-order valence-corrected chi connectivity index (χ4v) is 1.95. The molecular formula is C12H7F4IN2. The Kier molecular flexibility index (Phi) is 3.83. The summed E-state index contributed by atoms with van der Waals surface area (Å²) in [6, 6.07) is 3.53. The zero-order chi connectivity index (χ0) is 14.2. The second-order valence-electron chi connectivity index (χ2n) is 3.73. The summed E-state index contributed by atoms with van der Waals surface area (Å²) in [5.74, 6) is -4.13. The Labute approximate surface area is 119 Å². The van der Waals surface area contributed by atoms with E-state index in [1.165, 1.54) is 6.07 Å². The number of anilines is 3. The van der Waals surface area contributed by atoms with Crippen LogP contribution in [0.5, 0.6) is 0 Å². The molecule has 0 heterocycles. The molecule has 3 N–H and O–H groups in total. The Morgan fingerprint density at radius 2 is 1.58 bits per heavy atom. The number of nitrogen functional groups attached to an aromatic ring is 1. The van der Waals surface area contributed by atoms with Crippen molar-refractivity contribution >= 4 is 39.7 Å². The Bertz CT molecular complexity index is 646. The molecule has 2 aromatic carbocycles. The highest BCUT2D eigenvalue weighted by Crippen LogP contribution is 2.29. The number of nitrogens with one attached hydrogen (secondary N) is 1. The van der Waals surface area contributed by atoms with Crippen molar-refractivity contribution in [3.05, 3.63) is 51.1 Å². The molecule has 0 amide bonds. The first-order valence-corrected chi connectivity index (χ1v) is 6.12. The largest absolute Gasteiger partial charge is 0.397 e. The van der Waals surface area contributed by atoms with E-state index in [2.05, 4.69) is 5.32 Å². The molecule has 0 spiro atoms. The number of benzene rings is 2. The van der Waals surface area contributed by atoms with Gasteiger partial charge < -0.3 is 11.1 Å². The van der Waals surface area contributed by atoms with Crippen LogP contribution in [0.15, 0.2) is 24.3 Å². The van der Waals surface area contributed by atoms with Crippen LogP contribution in [0, 0.1) is 26.8 Å². The lowest BCUT2D eigenvalue weighted by atomic mass is 10.2. The summed E-state index contributed by atoms with van der Waals surface area (Å²) < 4.78 is 53.1. The van der Waals surface area contributed by atoms with Gasteiger partial charge in [0.15, 0.2) is 11.6 Å². The topological polar surface area (TPSA) is 38.0 Å². The molecule has 0 aliphatic heterocycles. The first kappa shape index (κ1) is 13.9. The Hall–Kier alpha value is -1.51. The van der Waals surface area contributed by atoms with E-state index in [9.17, 15) is 17.6 Å². The average Bonchev–Trinajstić information content (AvgIpc) is 2.32. The van der Waals surface area contributed by atoms with E-state index in [1.807, 2.05) is 0 Å². The number of hydrogen-bond donors (Lipinski definition) is 2. The van der Waals surface area contributed by atoms with Crippen molar-refractivity contribution < 1.29 is 17.6 Å². The lowest BCUT2D eigenvalue weighted by Crippen LogP contribution is -2.02. The van der Waals surface area contributed by atoms with Crippen LogP contribution in [-0.2, 0) is 0 Å². The van der Waals surface area contributed by atoms with Crippen LogP contribution in [-0.4, -0.2) is 0 Å². The Balaban J connectivity index is 2.44. The normalized spacial score (nSPS) is 10.6. The maximum Gasteiger partial charge on any atom is 0.182 e. The molecule has 0 saturated heterocycles. The molecule has 0 fully saturated rings. The van der Waals surface area contributed by atoms with Gasteiger partial charge in [-0.2, -0.15) is 0 Å². The molecule has 0 bridgehead atoms. The molecule has 2 aromatic rings. The number of halogens is 5. The minimum absolute atomic E-state index is 0.0295. The molecule has 0 unspecified atom stereocenters. The zero-order valence-corrected chi connectivity index (χ0v) is 11.4. The average molecular weight is 382 g/mol.